The summed E-state index contributed by atoms with van der Waals surface area (Å²) in [6.45, 7) is 2.41. The quantitative estimate of drug-likeness (QED) is 0.512. The van der Waals surface area contributed by atoms with Gasteiger partial charge in [0.1, 0.15) is 12.4 Å². The Balaban J connectivity index is 1.45. The van der Waals surface area contributed by atoms with E-state index < -0.39 is 11.5 Å². The molecule has 0 unspecified atom stereocenters. The molecule has 1 aromatic heterocycles. The van der Waals surface area contributed by atoms with Gasteiger partial charge in [-0.15, -0.1) is 17.8 Å². The van der Waals surface area contributed by atoms with E-state index in [1.807, 2.05) is 43.3 Å². The van der Waals surface area contributed by atoms with Crippen molar-refractivity contribution in [2.24, 2.45) is 0 Å². The lowest BCUT2D eigenvalue weighted by atomic mass is 9.76. The van der Waals surface area contributed by atoms with Crippen molar-refractivity contribution in [2.75, 3.05) is 7.05 Å². The van der Waals surface area contributed by atoms with E-state index in [0.717, 1.165) is 50.6 Å². The first kappa shape index (κ1) is 22.4. The molecule has 1 amide bonds. The fourth-order valence-electron chi connectivity index (χ4n) is 5.37. The van der Waals surface area contributed by atoms with Crippen LogP contribution in [0.25, 0.3) is 11.1 Å². The van der Waals surface area contributed by atoms with E-state index in [1.54, 1.807) is 24.5 Å². The van der Waals surface area contributed by atoms with Crippen LogP contribution in [0.15, 0.2) is 48.5 Å². The van der Waals surface area contributed by atoms with Gasteiger partial charge in [-0.05, 0) is 55.2 Å². The largest absolute Gasteiger partial charge is 0.487 e. The van der Waals surface area contributed by atoms with Crippen LogP contribution in [0.1, 0.15) is 52.1 Å². The lowest BCUT2D eigenvalue weighted by Crippen LogP contribution is -2.62. The highest BCUT2D eigenvalue weighted by Crippen LogP contribution is 2.50. The van der Waals surface area contributed by atoms with Gasteiger partial charge in [0, 0.05) is 23.1 Å². The first-order chi connectivity index (χ1) is 17.3. The van der Waals surface area contributed by atoms with Crippen LogP contribution >= 0.6 is 11.3 Å². The molecule has 1 saturated heterocycles. The van der Waals surface area contributed by atoms with Crippen LogP contribution in [0.2, 0.25) is 0 Å². The van der Waals surface area contributed by atoms with Gasteiger partial charge in [-0.3, -0.25) is 15.1 Å². The zero-order chi connectivity index (χ0) is 25.2. The van der Waals surface area contributed by atoms with Crippen LogP contribution in [0.4, 0.5) is 0 Å². The minimum Gasteiger partial charge on any atom is -0.487 e. The smallest absolute Gasteiger partial charge is 0.239 e. The van der Waals surface area contributed by atoms with Crippen LogP contribution in [-0.4, -0.2) is 23.8 Å². The predicted molar refractivity (Wildman–Crippen MR) is 139 cm³/mol. The average molecular weight is 493 g/mol. The summed E-state index contributed by atoms with van der Waals surface area (Å²) in [5.74, 6) is 3.05. The number of rotatable bonds is 3. The number of ether oxygens (including phenoxy) is 1. The number of carbonyl (C=O) groups is 1. The highest BCUT2D eigenvalue weighted by atomic mass is 32.1. The monoisotopic (exact) mass is 492 g/mol. The van der Waals surface area contributed by atoms with Crippen LogP contribution < -0.4 is 10.1 Å². The first-order valence-electron chi connectivity index (χ1n) is 11.8. The van der Waals surface area contributed by atoms with Crippen LogP contribution in [0.3, 0.4) is 0 Å². The zero-order valence-electron chi connectivity index (χ0n) is 20.0. The first-order valence-corrected chi connectivity index (χ1v) is 12.6. The topological polar surface area (TPSA) is 89.2 Å². The highest BCUT2D eigenvalue weighted by Gasteiger charge is 2.50. The molecule has 2 atom stereocenters. The average Bonchev–Trinajstić information content (AvgIpc) is 3.56. The number of likely N-dealkylation sites (N-methyl/N-ethyl adjacent to an activating group) is 1. The molecule has 2 aliphatic heterocycles. The Labute approximate surface area is 214 Å². The van der Waals surface area contributed by atoms with Gasteiger partial charge in [-0.25, -0.2) is 0 Å². The summed E-state index contributed by atoms with van der Waals surface area (Å²) < 4.78 is 5.96. The van der Waals surface area contributed by atoms with Gasteiger partial charge in [0.2, 0.25) is 5.91 Å². The number of amides is 1. The third-order valence-electron chi connectivity index (χ3n) is 7.77. The normalized spacial score (nSPS) is 23.4. The molecule has 178 valence electrons. The number of nitrogens with one attached hydrogen (secondary N) is 2. The van der Waals surface area contributed by atoms with Crippen molar-refractivity contribution in [3.63, 3.8) is 0 Å². The van der Waals surface area contributed by atoms with Crippen molar-refractivity contribution < 1.29 is 9.53 Å². The van der Waals surface area contributed by atoms with E-state index in [0.29, 0.717) is 12.2 Å². The summed E-state index contributed by atoms with van der Waals surface area (Å²) >= 11 is 1.58. The number of hydrogen-bond acceptors (Lipinski definition) is 5. The SMILES string of the molecule is C#CC1(c2ccc([C@@H]3C(=O)N(C)C(=N)N[C@]3(C)c3cc4c(s3)COc3ccc(C#N)cc3-4)cc2)CC1. The summed E-state index contributed by atoms with van der Waals surface area (Å²) in [5.41, 5.74) is 3.42. The molecule has 6 rings (SSSR count). The van der Waals surface area contributed by atoms with E-state index in [9.17, 15) is 10.1 Å². The van der Waals surface area contributed by atoms with Crippen molar-refractivity contribution in [2.45, 2.75) is 43.2 Å². The maximum atomic E-state index is 13.7. The fraction of sp³-hybridized carbons (Fsp3) is 0.276. The van der Waals surface area contributed by atoms with E-state index in [2.05, 4.69) is 23.4 Å². The van der Waals surface area contributed by atoms with Crippen LogP contribution in [0.5, 0.6) is 5.75 Å². The predicted octanol–water partition coefficient (Wildman–Crippen LogP) is 4.84. The van der Waals surface area contributed by atoms with Gasteiger partial charge in [0.25, 0.3) is 0 Å². The summed E-state index contributed by atoms with van der Waals surface area (Å²) in [6, 6.07) is 17.8. The molecule has 3 aliphatic rings. The van der Waals surface area contributed by atoms with Crippen molar-refractivity contribution >= 4 is 23.2 Å². The molecular formula is C29H24N4O2S. The zero-order valence-corrected chi connectivity index (χ0v) is 20.8. The lowest BCUT2D eigenvalue weighted by Gasteiger charge is -2.45. The molecule has 36 heavy (non-hydrogen) atoms. The molecule has 7 heteroatoms. The minimum absolute atomic E-state index is 0.0643. The fourth-order valence-corrected chi connectivity index (χ4v) is 6.59. The molecule has 6 nitrogen and oxygen atoms in total. The second-order valence-electron chi connectivity index (χ2n) is 9.91. The minimum atomic E-state index is -0.847. The number of nitrogens with zero attached hydrogens (tertiary/aromatic N) is 2. The van der Waals surface area contributed by atoms with Crippen LogP contribution in [-0.2, 0) is 22.4 Å². The van der Waals surface area contributed by atoms with Gasteiger partial charge in [-0.1, -0.05) is 30.2 Å². The van der Waals surface area contributed by atoms with Gasteiger partial charge in [0.15, 0.2) is 5.96 Å². The van der Waals surface area contributed by atoms with Crippen molar-refractivity contribution in [3.05, 3.63) is 75.0 Å². The number of carbonyl (C=O) groups excluding carboxylic acids is 1. The molecule has 2 fully saturated rings. The molecule has 0 spiro atoms. The van der Waals surface area contributed by atoms with Crippen molar-refractivity contribution in [1.29, 1.82) is 10.7 Å². The molecule has 3 heterocycles. The van der Waals surface area contributed by atoms with Gasteiger partial charge < -0.3 is 10.1 Å². The number of fused-ring (bicyclic) bond motifs is 3. The molecule has 1 saturated carbocycles. The Morgan fingerprint density at radius 1 is 1.19 bits per heavy atom. The van der Waals surface area contributed by atoms with Crippen molar-refractivity contribution in [3.8, 4) is 35.3 Å². The Morgan fingerprint density at radius 3 is 2.61 bits per heavy atom. The second kappa shape index (κ2) is 7.71. The second-order valence-corrected chi connectivity index (χ2v) is 11.1. The highest BCUT2D eigenvalue weighted by molar-refractivity contribution is 7.12. The molecule has 2 aromatic carbocycles. The van der Waals surface area contributed by atoms with Crippen molar-refractivity contribution in [1.82, 2.24) is 10.2 Å². The molecule has 2 N–H and O–H groups in total. The maximum absolute atomic E-state index is 13.7. The number of benzene rings is 2. The maximum Gasteiger partial charge on any atom is 0.239 e. The van der Waals surface area contributed by atoms with E-state index in [-0.39, 0.29) is 17.3 Å². The lowest BCUT2D eigenvalue weighted by molar-refractivity contribution is -0.131. The summed E-state index contributed by atoms with van der Waals surface area (Å²) in [4.78, 5) is 17.0. The number of terminal acetylenes is 1. The number of nitriles is 1. The molecular weight excluding hydrogens is 468 g/mol. The Hall–Kier alpha value is -4.07. The van der Waals surface area contributed by atoms with Gasteiger partial charge in [-0.2, -0.15) is 5.26 Å². The molecule has 3 aromatic rings. The van der Waals surface area contributed by atoms with E-state index in [1.165, 1.54) is 4.90 Å². The van der Waals surface area contributed by atoms with Gasteiger partial charge >= 0.3 is 0 Å². The Morgan fingerprint density at radius 2 is 1.94 bits per heavy atom. The van der Waals surface area contributed by atoms with E-state index >= 15 is 0 Å². The van der Waals surface area contributed by atoms with Crippen LogP contribution in [0, 0.1) is 29.1 Å². The number of thiophene rings is 1. The van der Waals surface area contributed by atoms with Gasteiger partial charge in [0.05, 0.1) is 33.4 Å². The third-order valence-corrected chi connectivity index (χ3v) is 9.12. The van der Waals surface area contributed by atoms with E-state index in [4.69, 9.17) is 16.6 Å². The molecule has 0 radical (unpaired) electrons. The Bertz CT molecular complexity index is 1520. The number of hydrogen-bond donors (Lipinski definition) is 2. The standard InChI is InChI=1S/C29H24N4O2S/c1-4-29(11-12-29)19-8-6-18(7-9-19)25-26(34)33(3)27(31)32-28(25,2)24-14-21-20-13-17(15-30)5-10-22(20)35-16-23(21)36-24/h1,5-10,13-14,25H,11-12,16H2,2-3H3,(H2,31,32)/t25-,28-/m1/s1. The number of guanidine groups is 1. The summed E-state index contributed by atoms with van der Waals surface area (Å²) in [7, 11) is 1.63. The summed E-state index contributed by atoms with van der Waals surface area (Å²) in [5, 5.41) is 21.2. The Kier molecular flexibility index (Phi) is 4.80. The summed E-state index contributed by atoms with van der Waals surface area (Å²) in [6.07, 6.45) is 7.76. The molecule has 1 aliphatic carbocycles. The third kappa shape index (κ3) is 3.17. The molecule has 0 bridgehead atoms.